The van der Waals surface area contributed by atoms with E-state index in [0.717, 1.165) is 48.2 Å². The summed E-state index contributed by atoms with van der Waals surface area (Å²) in [6.07, 6.45) is 6.73. The maximum atomic E-state index is 12.5. The number of carbonyl (C=O) groups excluding carboxylic acids is 1. The van der Waals surface area contributed by atoms with E-state index in [9.17, 15) is 9.59 Å². The van der Waals surface area contributed by atoms with Crippen LogP contribution in [0.25, 0.3) is 10.8 Å². The Hall–Kier alpha value is -3.80. The van der Waals surface area contributed by atoms with E-state index in [0.29, 0.717) is 17.9 Å². The molecule has 1 aliphatic rings. The number of carboxylic acid groups (broad SMARTS) is 1. The fourth-order valence-corrected chi connectivity index (χ4v) is 3.88. The number of carboxylic acids is 1. The molecule has 1 aliphatic carbocycles. The number of carbonyl (C=O) groups is 2. The molecule has 0 atom stereocenters. The fraction of sp³-hybridized carbons (Fsp3) is 0.310. The lowest BCUT2D eigenvalue weighted by Crippen LogP contribution is -2.08. The molecule has 35 heavy (non-hydrogen) atoms. The predicted molar refractivity (Wildman–Crippen MR) is 134 cm³/mol. The van der Waals surface area contributed by atoms with Gasteiger partial charge >= 0.3 is 11.9 Å². The molecule has 0 radical (unpaired) electrons. The molecular weight excluding hydrogens is 444 g/mol. The van der Waals surface area contributed by atoms with Crippen LogP contribution >= 0.6 is 0 Å². The first-order chi connectivity index (χ1) is 17.0. The fourth-order valence-electron chi connectivity index (χ4n) is 3.88. The van der Waals surface area contributed by atoms with E-state index in [1.54, 1.807) is 12.1 Å². The Kier molecular flexibility index (Phi) is 8.03. The molecule has 0 aliphatic heterocycles. The van der Waals surface area contributed by atoms with Crippen molar-refractivity contribution < 1.29 is 28.9 Å². The van der Waals surface area contributed by atoms with Gasteiger partial charge in [0.15, 0.2) is 0 Å². The highest BCUT2D eigenvalue weighted by molar-refractivity contribution is 5.96. The summed E-state index contributed by atoms with van der Waals surface area (Å²) in [7, 11) is 0. The zero-order valence-electron chi connectivity index (χ0n) is 19.9. The van der Waals surface area contributed by atoms with Gasteiger partial charge in [-0.05, 0) is 110 Å². The Morgan fingerprint density at radius 1 is 0.800 bits per heavy atom. The van der Waals surface area contributed by atoms with Crippen molar-refractivity contribution in [2.45, 2.75) is 45.4 Å². The maximum Gasteiger partial charge on any atom is 0.343 e. The summed E-state index contributed by atoms with van der Waals surface area (Å²) in [5.74, 6) is 0.680. The monoisotopic (exact) mass is 474 g/mol. The molecule has 0 spiro atoms. The number of benzene rings is 3. The summed E-state index contributed by atoms with van der Waals surface area (Å²) in [5.41, 5.74) is 2.02. The molecular formula is C29H30O6. The molecule has 182 valence electrons. The third-order valence-corrected chi connectivity index (χ3v) is 6.19. The van der Waals surface area contributed by atoms with Gasteiger partial charge in [0, 0.05) is 0 Å². The number of hydrogen-bond acceptors (Lipinski definition) is 5. The predicted octanol–water partition coefficient (Wildman–Crippen LogP) is 6.78. The van der Waals surface area contributed by atoms with E-state index in [-0.39, 0.29) is 5.56 Å². The Bertz CT molecular complexity index is 1220. The van der Waals surface area contributed by atoms with Gasteiger partial charge < -0.3 is 19.3 Å². The first kappa shape index (κ1) is 24.3. The second kappa shape index (κ2) is 11.6. The number of ether oxygens (including phenoxy) is 3. The summed E-state index contributed by atoms with van der Waals surface area (Å²) < 4.78 is 17.1. The lowest BCUT2D eigenvalue weighted by Gasteiger charge is -2.20. The number of hydrogen-bond donors (Lipinski definition) is 1. The summed E-state index contributed by atoms with van der Waals surface area (Å²) in [4.78, 5) is 23.4. The third-order valence-electron chi connectivity index (χ3n) is 6.19. The number of fused-ring (bicyclic) bond motifs is 1. The average molecular weight is 475 g/mol. The number of unbranched alkanes of at least 4 members (excludes halogenated alkanes) is 2. The summed E-state index contributed by atoms with van der Waals surface area (Å²) in [5, 5.41) is 10.8. The summed E-state index contributed by atoms with van der Waals surface area (Å²) >= 11 is 0. The smallest absolute Gasteiger partial charge is 0.343 e. The van der Waals surface area contributed by atoms with Crippen LogP contribution in [-0.4, -0.2) is 30.3 Å². The van der Waals surface area contributed by atoms with Gasteiger partial charge in [0.2, 0.25) is 0 Å². The van der Waals surface area contributed by atoms with Gasteiger partial charge in [-0.15, -0.1) is 0 Å². The Morgan fingerprint density at radius 3 is 2.17 bits per heavy atom. The highest BCUT2D eigenvalue weighted by atomic mass is 16.5. The lowest BCUT2D eigenvalue weighted by molar-refractivity contribution is 0.0696. The van der Waals surface area contributed by atoms with E-state index in [1.807, 2.05) is 24.3 Å². The Balaban J connectivity index is 1.23. The molecule has 1 N–H and O–H groups in total. The van der Waals surface area contributed by atoms with Crippen molar-refractivity contribution >= 4 is 22.7 Å². The highest BCUT2D eigenvalue weighted by Crippen LogP contribution is 2.29. The van der Waals surface area contributed by atoms with Crippen LogP contribution in [0, 0.1) is 0 Å². The molecule has 3 aromatic carbocycles. The van der Waals surface area contributed by atoms with Crippen LogP contribution in [0.4, 0.5) is 0 Å². The molecule has 0 aromatic heterocycles. The van der Waals surface area contributed by atoms with Crippen molar-refractivity contribution in [1.29, 1.82) is 0 Å². The molecule has 3 aromatic rings. The van der Waals surface area contributed by atoms with Gasteiger partial charge in [0.05, 0.1) is 30.1 Å². The minimum atomic E-state index is -1.03. The van der Waals surface area contributed by atoms with E-state index < -0.39 is 11.9 Å². The largest absolute Gasteiger partial charge is 0.498 e. The quantitative estimate of drug-likeness (QED) is 0.143. The molecule has 0 saturated heterocycles. The number of aromatic carboxylic acids is 1. The van der Waals surface area contributed by atoms with Gasteiger partial charge in [-0.2, -0.15) is 0 Å². The van der Waals surface area contributed by atoms with Gasteiger partial charge in [0.1, 0.15) is 11.5 Å². The van der Waals surface area contributed by atoms with Crippen LogP contribution in [0.1, 0.15) is 66.2 Å². The second-order valence-electron chi connectivity index (χ2n) is 8.71. The van der Waals surface area contributed by atoms with Crippen LogP contribution in [0.2, 0.25) is 0 Å². The van der Waals surface area contributed by atoms with E-state index in [4.69, 9.17) is 19.3 Å². The van der Waals surface area contributed by atoms with E-state index in [1.165, 1.54) is 49.1 Å². The van der Waals surface area contributed by atoms with Crippen molar-refractivity contribution in [2.24, 2.45) is 0 Å². The number of allylic oxidation sites excluding steroid dienone is 2. The van der Waals surface area contributed by atoms with Crippen LogP contribution in [0.3, 0.4) is 0 Å². The molecule has 0 amide bonds. The maximum absolute atomic E-state index is 12.5. The molecule has 0 bridgehead atoms. The normalized spacial score (nSPS) is 12.7. The van der Waals surface area contributed by atoms with Crippen LogP contribution in [-0.2, 0) is 4.74 Å². The second-order valence-corrected chi connectivity index (χ2v) is 8.71. The molecule has 1 fully saturated rings. The van der Waals surface area contributed by atoms with Crippen molar-refractivity contribution in [1.82, 2.24) is 0 Å². The standard InChI is InChI=1S/C29H30O6/c1-20(21-6-5-7-21)33-16-3-2-4-17-34-27-15-12-23-18-25(9-8-24(23)19-27)29(32)35-26-13-10-22(11-14-26)28(30)31/h8-15,18-19H,2-7,16-17H2,1H3,(H,30,31). The molecule has 4 rings (SSSR count). The van der Waals surface area contributed by atoms with Crippen LogP contribution in [0.5, 0.6) is 11.5 Å². The van der Waals surface area contributed by atoms with Crippen molar-refractivity contribution in [3.8, 4) is 11.5 Å². The average Bonchev–Trinajstić information content (AvgIpc) is 2.82. The Labute approximate surface area is 205 Å². The van der Waals surface area contributed by atoms with Crippen LogP contribution in [0.15, 0.2) is 72.0 Å². The summed E-state index contributed by atoms with van der Waals surface area (Å²) in [6, 6.07) is 16.9. The molecule has 6 heteroatoms. The SMILES string of the molecule is CC(OCCCCCOc1ccc2cc(C(=O)Oc3ccc(C(=O)O)cc3)ccc2c1)=C1CCC1. The minimum Gasteiger partial charge on any atom is -0.498 e. The van der Waals surface area contributed by atoms with E-state index in [2.05, 4.69) is 6.92 Å². The molecule has 0 heterocycles. The molecule has 6 nitrogen and oxygen atoms in total. The minimum absolute atomic E-state index is 0.134. The van der Waals surface area contributed by atoms with Gasteiger partial charge in [-0.25, -0.2) is 9.59 Å². The zero-order valence-corrected chi connectivity index (χ0v) is 19.9. The molecule has 0 unspecified atom stereocenters. The van der Waals surface area contributed by atoms with E-state index >= 15 is 0 Å². The van der Waals surface area contributed by atoms with Crippen molar-refractivity contribution in [2.75, 3.05) is 13.2 Å². The van der Waals surface area contributed by atoms with Crippen molar-refractivity contribution in [3.63, 3.8) is 0 Å². The number of rotatable bonds is 11. The lowest BCUT2D eigenvalue weighted by atomic mass is 9.91. The first-order valence-electron chi connectivity index (χ1n) is 12.0. The number of esters is 1. The van der Waals surface area contributed by atoms with Gasteiger partial charge in [-0.1, -0.05) is 12.1 Å². The van der Waals surface area contributed by atoms with Crippen molar-refractivity contribution in [3.05, 3.63) is 83.1 Å². The highest BCUT2D eigenvalue weighted by Gasteiger charge is 2.13. The van der Waals surface area contributed by atoms with Gasteiger partial charge in [-0.3, -0.25) is 0 Å². The topological polar surface area (TPSA) is 82.1 Å². The van der Waals surface area contributed by atoms with Crippen LogP contribution < -0.4 is 9.47 Å². The third kappa shape index (κ3) is 6.63. The zero-order chi connectivity index (χ0) is 24.6. The Morgan fingerprint density at radius 2 is 1.46 bits per heavy atom. The molecule has 1 saturated carbocycles. The first-order valence-corrected chi connectivity index (χ1v) is 12.0. The summed E-state index contributed by atoms with van der Waals surface area (Å²) in [6.45, 7) is 3.49. The van der Waals surface area contributed by atoms with Gasteiger partial charge in [0.25, 0.3) is 0 Å².